The third-order valence-corrected chi connectivity index (χ3v) is 4.32. The van der Waals surface area contributed by atoms with Crippen molar-refractivity contribution in [3.63, 3.8) is 0 Å². The van der Waals surface area contributed by atoms with Gasteiger partial charge in [-0.15, -0.1) is 0 Å². The fourth-order valence-corrected chi connectivity index (χ4v) is 2.66. The molecule has 0 spiro atoms. The second kappa shape index (κ2) is 6.31. The summed E-state index contributed by atoms with van der Waals surface area (Å²) in [5.41, 5.74) is 5.95. The van der Waals surface area contributed by atoms with Gasteiger partial charge in [0, 0.05) is 17.4 Å². The molecule has 1 aromatic heterocycles. The summed E-state index contributed by atoms with van der Waals surface area (Å²) in [6, 6.07) is 5.80. The van der Waals surface area contributed by atoms with E-state index in [2.05, 4.69) is 4.98 Å². The number of anilines is 1. The molecule has 1 aromatic carbocycles. The lowest BCUT2D eigenvalue weighted by Gasteiger charge is -2.22. The number of pyridine rings is 1. The van der Waals surface area contributed by atoms with E-state index in [0.29, 0.717) is 11.3 Å². The first-order valence-electron chi connectivity index (χ1n) is 6.74. The molecule has 5 nitrogen and oxygen atoms in total. The van der Waals surface area contributed by atoms with Gasteiger partial charge in [-0.05, 0) is 25.1 Å². The molecule has 0 bridgehead atoms. The molecule has 0 amide bonds. The monoisotopic (exact) mass is 360 g/mol. The summed E-state index contributed by atoms with van der Waals surface area (Å²) in [5.74, 6) is -0.196. The van der Waals surface area contributed by atoms with Crippen molar-refractivity contribution >= 4 is 15.5 Å². The molecular weight excluding hydrogens is 345 g/mol. The third-order valence-electron chi connectivity index (χ3n) is 3.19. The second-order valence-corrected chi connectivity index (χ2v) is 7.29. The number of rotatable bonds is 4. The van der Waals surface area contributed by atoms with Crippen LogP contribution in [0, 0.1) is 6.92 Å². The number of nitrogens with zero attached hydrogens (tertiary/aromatic N) is 1. The smallest absolute Gasteiger partial charge is 0.429 e. The van der Waals surface area contributed by atoms with Crippen LogP contribution in [-0.2, 0) is 9.84 Å². The predicted molar refractivity (Wildman–Crippen MR) is 82.4 cm³/mol. The van der Waals surface area contributed by atoms with Crippen LogP contribution in [0.5, 0.6) is 5.88 Å². The quantitative estimate of drug-likeness (QED) is 0.906. The normalized spacial score (nSPS) is 13.5. The van der Waals surface area contributed by atoms with Crippen LogP contribution in [0.2, 0.25) is 0 Å². The molecule has 2 aromatic rings. The highest BCUT2D eigenvalue weighted by molar-refractivity contribution is 7.90. The molecule has 2 rings (SSSR count). The van der Waals surface area contributed by atoms with E-state index in [9.17, 15) is 21.6 Å². The van der Waals surface area contributed by atoms with Crippen molar-refractivity contribution in [2.24, 2.45) is 0 Å². The van der Waals surface area contributed by atoms with Gasteiger partial charge < -0.3 is 10.5 Å². The van der Waals surface area contributed by atoms with E-state index in [1.165, 1.54) is 19.2 Å². The summed E-state index contributed by atoms with van der Waals surface area (Å²) in [6.07, 6.45) is -4.81. The number of hydrogen-bond acceptors (Lipinski definition) is 5. The van der Waals surface area contributed by atoms with E-state index in [0.717, 1.165) is 30.5 Å². The van der Waals surface area contributed by atoms with Gasteiger partial charge in [0.1, 0.15) is 0 Å². The number of nitrogens with two attached hydrogens (primary N) is 1. The van der Waals surface area contributed by atoms with Gasteiger partial charge >= 0.3 is 6.18 Å². The summed E-state index contributed by atoms with van der Waals surface area (Å²) in [4.78, 5) is 3.70. The molecule has 0 saturated heterocycles. The van der Waals surface area contributed by atoms with Crippen molar-refractivity contribution in [1.82, 2.24) is 4.98 Å². The highest BCUT2D eigenvalue weighted by atomic mass is 32.2. The van der Waals surface area contributed by atoms with Crippen molar-refractivity contribution < 1.29 is 26.3 Å². The summed E-state index contributed by atoms with van der Waals surface area (Å²) in [7, 11) is -3.50. The van der Waals surface area contributed by atoms with Crippen LogP contribution < -0.4 is 10.5 Å². The van der Waals surface area contributed by atoms with Crippen LogP contribution in [0.15, 0.2) is 41.4 Å². The minimum atomic E-state index is -4.71. The Morgan fingerprint density at radius 1 is 1.21 bits per heavy atom. The average molecular weight is 360 g/mol. The Labute approximate surface area is 137 Å². The van der Waals surface area contributed by atoms with Gasteiger partial charge in [-0.2, -0.15) is 13.2 Å². The Hall–Kier alpha value is -2.29. The molecule has 0 saturated carbocycles. The molecule has 0 radical (unpaired) electrons. The van der Waals surface area contributed by atoms with Crippen LogP contribution in [-0.4, -0.2) is 25.8 Å². The minimum absolute atomic E-state index is 0.0750. The Morgan fingerprint density at radius 2 is 1.79 bits per heavy atom. The molecule has 1 atom stereocenters. The molecule has 1 heterocycles. The van der Waals surface area contributed by atoms with E-state index in [4.69, 9.17) is 10.5 Å². The molecule has 24 heavy (non-hydrogen) atoms. The average Bonchev–Trinajstić information content (AvgIpc) is 2.44. The SMILES string of the molecule is Cc1cc(N)cnc1OC(c1ccc(S(C)(=O)=O)cc1)C(F)(F)F. The molecule has 0 aliphatic rings. The zero-order valence-corrected chi connectivity index (χ0v) is 13.6. The fraction of sp³-hybridized carbons (Fsp3) is 0.267. The lowest BCUT2D eigenvalue weighted by atomic mass is 10.1. The van der Waals surface area contributed by atoms with Crippen LogP contribution in [0.25, 0.3) is 0 Å². The Kier molecular flexibility index (Phi) is 4.75. The Bertz CT molecular complexity index is 834. The van der Waals surface area contributed by atoms with E-state index in [1.54, 1.807) is 0 Å². The van der Waals surface area contributed by atoms with E-state index in [1.807, 2.05) is 0 Å². The maximum Gasteiger partial charge on any atom is 0.429 e. The van der Waals surface area contributed by atoms with Gasteiger partial charge in [0.15, 0.2) is 9.84 Å². The van der Waals surface area contributed by atoms with Crippen molar-refractivity contribution in [3.8, 4) is 5.88 Å². The lowest BCUT2D eigenvalue weighted by molar-refractivity contribution is -0.198. The largest absolute Gasteiger partial charge is 0.460 e. The third kappa shape index (κ3) is 4.16. The standard InChI is InChI=1S/C15H15F3N2O3S/c1-9-7-11(19)8-20-14(9)23-13(15(16,17)18)10-3-5-12(6-4-10)24(2,21)22/h3-8,13H,19H2,1-2H3. The topological polar surface area (TPSA) is 82.3 Å². The summed E-state index contributed by atoms with van der Waals surface area (Å²) >= 11 is 0. The lowest BCUT2D eigenvalue weighted by Crippen LogP contribution is -2.26. The highest BCUT2D eigenvalue weighted by Crippen LogP contribution is 2.37. The predicted octanol–water partition coefficient (Wildman–Crippen LogP) is 3.06. The van der Waals surface area contributed by atoms with E-state index >= 15 is 0 Å². The number of aryl methyl sites for hydroxylation is 1. The number of alkyl halides is 3. The van der Waals surface area contributed by atoms with Crippen molar-refractivity contribution in [1.29, 1.82) is 0 Å². The number of ether oxygens (including phenoxy) is 1. The van der Waals surface area contributed by atoms with Gasteiger partial charge in [-0.25, -0.2) is 13.4 Å². The number of nitrogen functional groups attached to an aromatic ring is 1. The fourth-order valence-electron chi connectivity index (χ4n) is 2.03. The highest BCUT2D eigenvalue weighted by Gasteiger charge is 2.43. The van der Waals surface area contributed by atoms with Crippen LogP contribution in [0.1, 0.15) is 17.2 Å². The van der Waals surface area contributed by atoms with Gasteiger partial charge in [0.25, 0.3) is 0 Å². The van der Waals surface area contributed by atoms with Crippen LogP contribution >= 0.6 is 0 Å². The van der Waals surface area contributed by atoms with Gasteiger partial charge in [-0.1, -0.05) is 12.1 Å². The van der Waals surface area contributed by atoms with Crippen LogP contribution in [0.4, 0.5) is 18.9 Å². The zero-order valence-electron chi connectivity index (χ0n) is 12.8. The maximum absolute atomic E-state index is 13.3. The number of aromatic nitrogens is 1. The first-order chi connectivity index (χ1) is 11.0. The maximum atomic E-state index is 13.3. The molecule has 2 N–H and O–H groups in total. The van der Waals surface area contributed by atoms with Crippen molar-refractivity contribution in [2.75, 3.05) is 12.0 Å². The van der Waals surface area contributed by atoms with Gasteiger partial charge in [-0.3, -0.25) is 0 Å². The Morgan fingerprint density at radius 3 is 2.25 bits per heavy atom. The van der Waals surface area contributed by atoms with Gasteiger partial charge in [0.05, 0.1) is 16.8 Å². The number of hydrogen-bond donors (Lipinski definition) is 1. The zero-order chi connectivity index (χ0) is 18.1. The van der Waals surface area contributed by atoms with E-state index in [-0.39, 0.29) is 16.3 Å². The van der Waals surface area contributed by atoms with E-state index < -0.39 is 22.1 Å². The molecule has 0 fully saturated rings. The first-order valence-corrected chi connectivity index (χ1v) is 8.63. The Balaban J connectivity index is 2.39. The molecule has 0 aliphatic heterocycles. The van der Waals surface area contributed by atoms with Gasteiger partial charge in [0.2, 0.25) is 12.0 Å². The van der Waals surface area contributed by atoms with Crippen LogP contribution in [0.3, 0.4) is 0 Å². The summed E-state index contributed by atoms with van der Waals surface area (Å²) in [6.45, 7) is 1.53. The number of halogens is 3. The molecule has 0 aliphatic carbocycles. The molecule has 1 unspecified atom stereocenters. The molecular formula is C15H15F3N2O3S. The summed E-state index contributed by atoms with van der Waals surface area (Å²) in [5, 5.41) is 0. The summed E-state index contributed by atoms with van der Waals surface area (Å²) < 4.78 is 67.9. The number of benzene rings is 1. The molecule has 130 valence electrons. The van der Waals surface area contributed by atoms with Crippen molar-refractivity contribution in [3.05, 3.63) is 47.7 Å². The number of sulfone groups is 1. The first kappa shape index (κ1) is 18.1. The minimum Gasteiger partial charge on any atom is -0.460 e. The second-order valence-electron chi connectivity index (χ2n) is 5.27. The molecule has 9 heteroatoms. The van der Waals surface area contributed by atoms with Crippen molar-refractivity contribution in [2.45, 2.75) is 24.1 Å².